The van der Waals surface area contributed by atoms with Crippen LogP contribution < -0.4 is 4.72 Å². The van der Waals surface area contributed by atoms with Gasteiger partial charge in [0.1, 0.15) is 0 Å². The molecular weight excluding hydrogens is 284 g/mol. The van der Waals surface area contributed by atoms with Gasteiger partial charge in [-0.3, -0.25) is 4.90 Å². The van der Waals surface area contributed by atoms with E-state index in [1.165, 1.54) is 19.3 Å². The fourth-order valence-corrected chi connectivity index (χ4v) is 3.89. The first-order valence-corrected chi connectivity index (χ1v) is 9.19. The quantitative estimate of drug-likeness (QED) is 0.909. The van der Waals surface area contributed by atoms with E-state index in [9.17, 15) is 8.42 Å². The van der Waals surface area contributed by atoms with Crippen molar-refractivity contribution in [1.29, 1.82) is 0 Å². The lowest BCUT2D eigenvalue weighted by molar-refractivity contribution is 0.175. The average molecular weight is 310 g/mol. The normalized spacial score (nSPS) is 18.6. The van der Waals surface area contributed by atoms with E-state index < -0.39 is 10.0 Å². The van der Waals surface area contributed by atoms with E-state index in [1.807, 2.05) is 19.9 Å². The SMILES string of the molecule is Cc1ccc(S(=O)(=O)NCC(C)N2CCCCC2)cc1C. The van der Waals surface area contributed by atoms with Crippen molar-refractivity contribution in [3.8, 4) is 0 Å². The number of sulfonamides is 1. The van der Waals surface area contributed by atoms with Gasteiger partial charge in [-0.05, 0) is 70.0 Å². The van der Waals surface area contributed by atoms with Crippen molar-refractivity contribution in [2.24, 2.45) is 0 Å². The summed E-state index contributed by atoms with van der Waals surface area (Å²) < 4.78 is 27.5. The van der Waals surface area contributed by atoms with Gasteiger partial charge in [-0.25, -0.2) is 13.1 Å². The van der Waals surface area contributed by atoms with Crippen molar-refractivity contribution < 1.29 is 8.42 Å². The van der Waals surface area contributed by atoms with Gasteiger partial charge >= 0.3 is 0 Å². The van der Waals surface area contributed by atoms with E-state index in [-0.39, 0.29) is 6.04 Å². The molecule has 2 rings (SSSR count). The van der Waals surface area contributed by atoms with Crippen LogP contribution in [0.5, 0.6) is 0 Å². The first-order valence-electron chi connectivity index (χ1n) is 7.71. The van der Waals surface area contributed by atoms with Crippen LogP contribution in [0.3, 0.4) is 0 Å². The predicted octanol–water partition coefficient (Wildman–Crippen LogP) is 2.46. The zero-order valence-electron chi connectivity index (χ0n) is 13.2. The Kier molecular flexibility index (Phi) is 5.41. The zero-order valence-corrected chi connectivity index (χ0v) is 14.0. The summed E-state index contributed by atoms with van der Waals surface area (Å²) >= 11 is 0. The van der Waals surface area contributed by atoms with E-state index in [0.29, 0.717) is 11.4 Å². The summed E-state index contributed by atoms with van der Waals surface area (Å²) in [4.78, 5) is 2.73. The third-order valence-corrected chi connectivity index (χ3v) is 5.79. The molecule has 0 spiro atoms. The Balaban J connectivity index is 1.98. The lowest BCUT2D eigenvalue weighted by Crippen LogP contribution is -2.44. The van der Waals surface area contributed by atoms with Crippen molar-refractivity contribution in [3.63, 3.8) is 0 Å². The molecule has 1 atom stereocenters. The number of hydrogen-bond donors (Lipinski definition) is 1. The minimum absolute atomic E-state index is 0.242. The van der Waals surface area contributed by atoms with E-state index >= 15 is 0 Å². The second kappa shape index (κ2) is 6.90. The average Bonchev–Trinajstić information content (AvgIpc) is 2.48. The Hall–Kier alpha value is -0.910. The van der Waals surface area contributed by atoms with E-state index in [2.05, 4.69) is 16.5 Å². The van der Waals surface area contributed by atoms with E-state index in [0.717, 1.165) is 24.2 Å². The van der Waals surface area contributed by atoms with E-state index in [4.69, 9.17) is 0 Å². The van der Waals surface area contributed by atoms with Crippen molar-refractivity contribution in [1.82, 2.24) is 9.62 Å². The maximum Gasteiger partial charge on any atom is 0.240 e. The monoisotopic (exact) mass is 310 g/mol. The van der Waals surface area contributed by atoms with Crippen molar-refractivity contribution in [3.05, 3.63) is 29.3 Å². The van der Waals surface area contributed by atoms with Crippen LogP contribution in [0.1, 0.15) is 37.3 Å². The van der Waals surface area contributed by atoms with Crippen LogP contribution >= 0.6 is 0 Å². The van der Waals surface area contributed by atoms with E-state index in [1.54, 1.807) is 12.1 Å². The first-order chi connectivity index (χ1) is 9.90. The molecule has 1 saturated heterocycles. The molecule has 1 heterocycles. The third-order valence-electron chi connectivity index (χ3n) is 4.37. The number of benzene rings is 1. The molecule has 0 amide bonds. The van der Waals surface area contributed by atoms with Gasteiger partial charge in [0.15, 0.2) is 0 Å². The molecule has 0 radical (unpaired) electrons. The highest BCUT2D eigenvalue weighted by atomic mass is 32.2. The molecule has 1 N–H and O–H groups in total. The Labute approximate surface area is 128 Å². The van der Waals surface area contributed by atoms with Gasteiger partial charge in [-0.1, -0.05) is 12.5 Å². The highest BCUT2D eigenvalue weighted by Gasteiger charge is 2.20. The number of nitrogens with one attached hydrogen (secondary N) is 1. The van der Waals surface area contributed by atoms with Gasteiger partial charge in [-0.15, -0.1) is 0 Å². The van der Waals surface area contributed by atoms with Crippen LogP contribution in [-0.2, 0) is 10.0 Å². The molecule has 21 heavy (non-hydrogen) atoms. The summed E-state index contributed by atoms with van der Waals surface area (Å²) in [5.41, 5.74) is 2.11. The van der Waals surface area contributed by atoms with Crippen LogP contribution in [0.4, 0.5) is 0 Å². The molecular formula is C16H26N2O2S. The molecule has 4 nitrogen and oxygen atoms in total. The summed E-state index contributed by atoms with van der Waals surface area (Å²) in [6, 6.07) is 5.52. The van der Waals surface area contributed by atoms with Crippen LogP contribution in [-0.4, -0.2) is 39.0 Å². The second-order valence-electron chi connectivity index (χ2n) is 6.04. The van der Waals surface area contributed by atoms with Crippen LogP contribution in [0.15, 0.2) is 23.1 Å². The van der Waals surface area contributed by atoms with Gasteiger partial charge in [0.05, 0.1) is 4.90 Å². The van der Waals surface area contributed by atoms with Gasteiger partial charge in [0, 0.05) is 12.6 Å². The fraction of sp³-hybridized carbons (Fsp3) is 0.625. The Morgan fingerprint density at radius 2 is 1.81 bits per heavy atom. The molecule has 1 fully saturated rings. The fourth-order valence-electron chi connectivity index (χ4n) is 2.68. The number of rotatable bonds is 5. The first kappa shape index (κ1) is 16.5. The molecule has 0 bridgehead atoms. The standard InChI is InChI=1S/C16H26N2O2S/c1-13-7-8-16(11-14(13)2)21(19,20)17-12-15(3)18-9-5-4-6-10-18/h7-8,11,15,17H,4-6,9-10,12H2,1-3H3. The van der Waals surface area contributed by atoms with Gasteiger partial charge < -0.3 is 0 Å². The predicted molar refractivity (Wildman–Crippen MR) is 86.0 cm³/mol. The summed E-state index contributed by atoms with van der Waals surface area (Å²) in [5.74, 6) is 0. The molecule has 5 heteroatoms. The largest absolute Gasteiger partial charge is 0.299 e. The Morgan fingerprint density at radius 1 is 1.14 bits per heavy atom. The maximum absolute atomic E-state index is 12.4. The molecule has 0 saturated carbocycles. The summed E-state index contributed by atoms with van der Waals surface area (Å²) in [6.07, 6.45) is 3.72. The van der Waals surface area contributed by atoms with Crippen LogP contribution in [0.2, 0.25) is 0 Å². The molecule has 1 aliphatic rings. The lowest BCUT2D eigenvalue weighted by atomic mass is 10.1. The minimum atomic E-state index is -3.41. The Morgan fingerprint density at radius 3 is 2.43 bits per heavy atom. The topological polar surface area (TPSA) is 49.4 Å². The van der Waals surface area contributed by atoms with Crippen LogP contribution in [0, 0.1) is 13.8 Å². The molecule has 0 aliphatic carbocycles. The second-order valence-corrected chi connectivity index (χ2v) is 7.81. The Bertz CT molecular complexity index is 578. The number of hydrogen-bond acceptors (Lipinski definition) is 3. The number of piperidine rings is 1. The maximum atomic E-state index is 12.4. The summed E-state index contributed by atoms with van der Waals surface area (Å²) in [5, 5.41) is 0. The highest BCUT2D eigenvalue weighted by Crippen LogP contribution is 2.15. The molecule has 1 aromatic carbocycles. The van der Waals surface area contributed by atoms with Crippen molar-refractivity contribution in [2.45, 2.75) is 51.0 Å². The highest BCUT2D eigenvalue weighted by molar-refractivity contribution is 7.89. The van der Waals surface area contributed by atoms with Gasteiger partial charge in [-0.2, -0.15) is 0 Å². The van der Waals surface area contributed by atoms with Crippen molar-refractivity contribution in [2.75, 3.05) is 19.6 Å². The van der Waals surface area contributed by atoms with Crippen LogP contribution in [0.25, 0.3) is 0 Å². The molecule has 1 aromatic rings. The minimum Gasteiger partial charge on any atom is -0.299 e. The smallest absolute Gasteiger partial charge is 0.240 e. The summed E-state index contributed by atoms with van der Waals surface area (Å²) in [7, 11) is -3.41. The number of aryl methyl sites for hydroxylation is 2. The number of nitrogens with zero attached hydrogens (tertiary/aromatic N) is 1. The third kappa shape index (κ3) is 4.28. The van der Waals surface area contributed by atoms with Crippen molar-refractivity contribution >= 4 is 10.0 Å². The number of likely N-dealkylation sites (tertiary alicyclic amines) is 1. The zero-order chi connectivity index (χ0) is 15.5. The van der Waals surface area contributed by atoms with Gasteiger partial charge in [0.2, 0.25) is 10.0 Å². The summed E-state index contributed by atoms with van der Waals surface area (Å²) in [6.45, 7) is 8.63. The lowest BCUT2D eigenvalue weighted by Gasteiger charge is -2.32. The molecule has 0 aromatic heterocycles. The molecule has 1 aliphatic heterocycles. The molecule has 1 unspecified atom stereocenters. The molecule has 118 valence electrons. The van der Waals surface area contributed by atoms with Gasteiger partial charge in [0.25, 0.3) is 0 Å².